The van der Waals surface area contributed by atoms with Crippen LogP contribution in [0.25, 0.3) is 0 Å². The van der Waals surface area contributed by atoms with Crippen LogP contribution in [0.4, 0.5) is 0 Å². The van der Waals surface area contributed by atoms with Gasteiger partial charge in [0.15, 0.2) is 11.5 Å². The van der Waals surface area contributed by atoms with Crippen LogP contribution >= 0.6 is 12.4 Å². The molecule has 0 atom stereocenters. The normalized spacial score (nSPS) is 15.3. The summed E-state index contributed by atoms with van der Waals surface area (Å²) in [7, 11) is 6.46. The second-order valence-electron chi connectivity index (χ2n) is 6.99. The van der Waals surface area contributed by atoms with Crippen molar-refractivity contribution < 1.29 is 23.7 Å². The van der Waals surface area contributed by atoms with E-state index >= 15 is 0 Å². The van der Waals surface area contributed by atoms with Gasteiger partial charge in [-0.05, 0) is 50.0 Å². The molecule has 1 fully saturated rings. The minimum atomic E-state index is 0. The summed E-state index contributed by atoms with van der Waals surface area (Å²) in [5.74, 6) is 1.79. The number of carbonyl (C=O) groups is 1. The van der Waals surface area contributed by atoms with Crippen molar-refractivity contribution in [3.63, 3.8) is 0 Å². The summed E-state index contributed by atoms with van der Waals surface area (Å²) in [6, 6.07) is 3.77. The average molecular weight is 417 g/mol. The molecule has 2 N–H and O–H groups in total. The second kappa shape index (κ2) is 12.0. The molecule has 0 aliphatic carbocycles. The molecule has 28 heavy (non-hydrogen) atoms. The Kier molecular flexibility index (Phi) is 10.4. The fourth-order valence-corrected chi connectivity index (χ4v) is 3.55. The Bertz CT molecular complexity index is 590. The third-order valence-electron chi connectivity index (χ3n) is 5.14. The van der Waals surface area contributed by atoms with Gasteiger partial charge in [0, 0.05) is 25.5 Å². The summed E-state index contributed by atoms with van der Waals surface area (Å²) in [6.45, 7) is 3.24. The summed E-state index contributed by atoms with van der Waals surface area (Å²) in [5, 5.41) is 6.46. The van der Waals surface area contributed by atoms with Crippen molar-refractivity contribution >= 4 is 18.3 Å². The van der Waals surface area contributed by atoms with Gasteiger partial charge in [-0.2, -0.15) is 0 Å². The van der Waals surface area contributed by atoms with Crippen molar-refractivity contribution in [2.45, 2.75) is 25.7 Å². The van der Waals surface area contributed by atoms with Crippen molar-refractivity contribution in [3.05, 3.63) is 17.7 Å². The van der Waals surface area contributed by atoms with Crippen LogP contribution in [0.5, 0.6) is 17.2 Å². The first-order chi connectivity index (χ1) is 13.1. The van der Waals surface area contributed by atoms with Crippen molar-refractivity contribution in [2.75, 3.05) is 54.7 Å². The number of amides is 1. The fourth-order valence-electron chi connectivity index (χ4n) is 3.55. The topological polar surface area (TPSA) is 78.1 Å². The molecule has 0 aromatic heterocycles. The molecule has 1 aliphatic heterocycles. The number of piperidine rings is 1. The number of benzene rings is 1. The smallest absolute Gasteiger partial charge is 0.220 e. The van der Waals surface area contributed by atoms with Gasteiger partial charge in [0.1, 0.15) is 0 Å². The highest BCUT2D eigenvalue weighted by Gasteiger charge is 2.32. The molecule has 8 heteroatoms. The van der Waals surface area contributed by atoms with Crippen molar-refractivity contribution in [1.29, 1.82) is 0 Å². The monoisotopic (exact) mass is 416 g/mol. The Balaban J connectivity index is 0.00000392. The van der Waals surface area contributed by atoms with Gasteiger partial charge in [0.05, 0.1) is 27.9 Å². The van der Waals surface area contributed by atoms with Crippen LogP contribution in [0.3, 0.4) is 0 Å². The van der Waals surface area contributed by atoms with E-state index in [2.05, 4.69) is 10.6 Å². The van der Waals surface area contributed by atoms with Crippen molar-refractivity contribution in [2.24, 2.45) is 5.41 Å². The standard InChI is InChI=1S/C20H32N2O5.ClH/c1-24-14-20(7-9-21-10-8-20)13-22-18(23)6-5-15-11-16(25-2)19(27-4)17(12-15)26-3;/h11-12,21H,5-10,13-14H2,1-4H3,(H,22,23);1H. The number of rotatable bonds is 10. The molecule has 7 nitrogen and oxygen atoms in total. The van der Waals surface area contributed by atoms with Gasteiger partial charge in [-0.1, -0.05) is 0 Å². The first-order valence-corrected chi connectivity index (χ1v) is 9.32. The number of aryl methyl sites for hydroxylation is 1. The molecule has 1 heterocycles. The zero-order chi connectivity index (χ0) is 19.7. The predicted molar refractivity (Wildman–Crippen MR) is 111 cm³/mol. The average Bonchev–Trinajstić information content (AvgIpc) is 2.70. The summed E-state index contributed by atoms with van der Waals surface area (Å²) in [6.07, 6.45) is 3.02. The van der Waals surface area contributed by atoms with E-state index < -0.39 is 0 Å². The summed E-state index contributed by atoms with van der Waals surface area (Å²) >= 11 is 0. The molecule has 0 radical (unpaired) electrons. The molecule has 1 saturated heterocycles. The summed E-state index contributed by atoms with van der Waals surface area (Å²) in [4.78, 5) is 12.4. The molecule has 0 saturated carbocycles. The minimum absolute atomic E-state index is 0. The van der Waals surface area contributed by atoms with Gasteiger partial charge in [-0.25, -0.2) is 0 Å². The first kappa shape index (κ1) is 24.3. The van der Waals surface area contributed by atoms with Gasteiger partial charge in [0.25, 0.3) is 0 Å². The van der Waals surface area contributed by atoms with E-state index in [-0.39, 0.29) is 23.7 Å². The fraction of sp³-hybridized carbons (Fsp3) is 0.650. The maximum Gasteiger partial charge on any atom is 0.220 e. The Hall–Kier alpha value is -1.70. The van der Waals surface area contributed by atoms with Gasteiger partial charge in [-0.15, -0.1) is 12.4 Å². The van der Waals surface area contributed by atoms with Crippen molar-refractivity contribution in [1.82, 2.24) is 10.6 Å². The molecule has 1 aromatic carbocycles. The molecule has 1 aliphatic rings. The van der Waals surface area contributed by atoms with E-state index in [1.807, 2.05) is 12.1 Å². The number of carbonyl (C=O) groups excluding carboxylic acids is 1. The van der Waals surface area contributed by atoms with E-state index in [4.69, 9.17) is 18.9 Å². The van der Waals surface area contributed by atoms with Crippen LogP contribution in [0.15, 0.2) is 12.1 Å². The molecular weight excluding hydrogens is 384 g/mol. The predicted octanol–water partition coefficient (Wildman–Crippen LogP) is 2.20. The lowest BCUT2D eigenvalue weighted by molar-refractivity contribution is -0.122. The van der Waals surface area contributed by atoms with E-state index in [1.54, 1.807) is 28.4 Å². The third kappa shape index (κ3) is 6.43. The quantitative estimate of drug-likeness (QED) is 0.608. The lowest BCUT2D eigenvalue weighted by Crippen LogP contribution is -2.47. The van der Waals surface area contributed by atoms with Crippen LogP contribution in [0.2, 0.25) is 0 Å². The SMILES string of the molecule is COCC1(CNC(=O)CCc2cc(OC)c(OC)c(OC)c2)CCNCC1.Cl. The first-order valence-electron chi connectivity index (χ1n) is 9.32. The number of nitrogens with one attached hydrogen (secondary N) is 2. The van der Waals surface area contributed by atoms with Gasteiger partial charge >= 0.3 is 0 Å². The lowest BCUT2D eigenvalue weighted by atomic mass is 9.79. The van der Waals surface area contributed by atoms with Crippen LogP contribution in [0, 0.1) is 5.41 Å². The molecule has 0 unspecified atom stereocenters. The van der Waals surface area contributed by atoms with Gasteiger partial charge in [-0.3, -0.25) is 4.79 Å². The molecule has 0 bridgehead atoms. The van der Waals surface area contributed by atoms with E-state index in [0.717, 1.165) is 31.5 Å². The molecular formula is C20H33ClN2O5. The Morgan fingerprint density at radius 1 is 1.07 bits per heavy atom. The molecule has 2 rings (SSSR count). The van der Waals surface area contributed by atoms with Crippen LogP contribution in [-0.2, 0) is 16.0 Å². The Morgan fingerprint density at radius 2 is 1.68 bits per heavy atom. The zero-order valence-corrected chi connectivity index (χ0v) is 18.1. The van der Waals surface area contributed by atoms with E-state index in [0.29, 0.717) is 43.2 Å². The highest BCUT2D eigenvalue weighted by Crippen LogP contribution is 2.38. The minimum Gasteiger partial charge on any atom is -0.493 e. The maximum absolute atomic E-state index is 12.4. The number of hydrogen-bond acceptors (Lipinski definition) is 6. The number of hydrogen-bond donors (Lipinski definition) is 2. The maximum atomic E-state index is 12.4. The zero-order valence-electron chi connectivity index (χ0n) is 17.3. The Labute approximate surface area is 173 Å². The molecule has 160 valence electrons. The Morgan fingerprint density at radius 3 is 2.18 bits per heavy atom. The largest absolute Gasteiger partial charge is 0.493 e. The number of methoxy groups -OCH3 is 4. The summed E-state index contributed by atoms with van der Waals surface area (Å²) in [5.41, 5.74) is 0.996. The van der Waals surface area contributed by atoms with Gasteiger partial charge < -0.3 is 29.6 Å². The van der Waals surface area contributed by atoms with E-state index in [9.17, 15) is 4.79 Å². The molecule has 1 aromatic rings. The third-order valence-corrected chi connectivity index (χ3v) is 5.14. The van der Waals surface area contributed by atoms with Gasteiger partial charge in [0.2, 0.25) is 11.7 Å². The van der Waals surface area contributed by atoms with Crippen LogP contribution in [0.1, 0.15) is 24.8 Å². The van der Waals surface area contributed by atoms with Crippen LogP contribution in [-0.4, -0.2) is 60.6 Å². The summed E-state index contributed by atoms with van der Waals surface area (Å²) < 4.78 is 21.5. The second-order valence-corrected chi connectivity index (χ2v) is 6.99. The van der Waals surface area contributed by atoms with E-state index in [1.165, 1.54) is 0 Å². The van der Waals surface area contributed by atoms with Crippen molar-refractivity contribution in [3.8, 4) is 17.2 Å². The number of ether oxygens (including phenoxy) is 4. The highest BCUT2D eigenvalue weighted by molar-refractivity contribution is 5.85. The highest BCUT2D eigenvalue weighted by atomic mass is 35.5. The lowest BCUT2D eigenvalue weighted by Gasteiger charge is -2.37. The van der Waals surface area contributed by atoms with Crippen LogP contribution < -0.4 is 24.8 Å². The molecule has 1 amide bonds. The molecule has 0 spiro atoms. The number of halogens is 1.